The van der Waals surface area contributed by atoms with Crippen LogP contribution < -0.4 is 5.73 Å². The Hall–Kier alpha value is -1.84. The number of rotatable bonds is 7. The predicted molar refractivity (Wildman–Crippen MR) is 75.6 cm³/mol. The summed E-state index contributed by atoms with van der Waals surface area (Å²) >= 11 is 0. The van der Waals surface area contributed by atoms with Crippen molar-refractivity contribution in [3.63, 3.8) is 0 Å². The Morgan fingerprint density at radius 2 is 1.61 bits per heavy atom. The molecule has 0 aromatic rings. The van der Waals surface area contributed by atoms with Crippen LogP contribution in [0.1, 0.15) is 33.6 Å². The molecule has 0 aromatic heterocycles. The van der Waals surface area contributed by atoms with Crippen LogP contribution in [-0.4, -0.2) is 58.3 Å². The molecule has 0 heterocycles. The molecule has 0 aromatic carbocycles. The van der Waals surface area contributed by atoms with Gasteiger partial charge in [-0.15, -0.1) is 0 Å². The first kappa shape index (κ1) is 23.4. The van der Waals surface area contributed by atoms with Gasteiger partial charge >= 0.3 is 18.1 Å². The van der Waals surface area contributed by atoms with Crippen LogP contribution in [0, 0.1) is 5.92 Å². The molecule has 0 aliphatic carbocycles. The maximum Gasteiger partial charge on any atom is 0.490 e. The summed E-state index contributed by atoms with van der Waals surface area (Å²) in [6, 6.07) is -0.592. The van der Waals surface area contributed by atoms with Crippen LogP contribution in [0.2, 0.25) is 0 Å². The average molecular weight is 344 g/mol. The molecule has 4 N–H and O–H groups in total. The van der Waals surface area contributed by atoms with E-state index in [2.05, 4.69) is 0 Å². The highest BCUT2D eigenvalue weighted by atomic mass is 19.4. The van der Waals surface area contributed by atoms with Crippen molar-refractivity contribution in [3.05, 3.63) is 0 Å². The molecule has 10 heteroatoms. The van der Waals surface area contributed by atoms with Gasteiger partial charge in [0, 0.05) is 6.54 Å². The number of hydrogen-bond donors (Lipinski definition) is 3. The minimum Gasteiger partial charge on any atom is -0.480 e. The Morgan fingerprint density at radius 3 is 1.87 bits per heavy atom. The lowest BCUT2D eigenvalue weighted by Crippen LogP contribution is -2.46. The van der Waals surface area contributed by atoms with Gasteiger partial charge in [0.15, 0.2) is 0 Å². The molecule has 0 bridgehead atoms. The third kappa shape index (κ3) is 12.4. The normalized spacial score (nSPS) is 12.2. The van der Waals surface area contributed by atoms with Gasteiger partial charge in [0.25, 0.3) is 0 Å². The quantitative estimate of drug-likeness (QED) is 0.640. The summed E-state index contributed by atoms with van der Waals surface area (Å²) in [5, 5.41) is 15.8. The van der Waals surface area contributed by atoms with E-state index < -0.39 is 24.2 Å². The number of carbonyl (C=O) groups is 3. The molecule has 0 radical (unpaired) electrons. The average Bonchev–Trinajstić information content (AvgIpc) is 2.35. The van der Waals surface area contributed by atoms with Crippen LogP contribution in [-0.2, 0) is 14.4 Å². The zero-order chi connectivity index (χ0) is 18.8. The van der Waals surface area contributed by atoms with E-state index in [-0.39, 0.29) is 12.5 Å². The molecule has 0 aliphatic heterocycles. The summed E-state index contributed by atoms with van der Waals surface area (Å²) in [6.07, 6.45) is -3.77. The van der Waals surface area contributed by atoms with E-state index in [4.69, 9.17) is 20.7 Å². The minimum atomic E-state index is -5.08. The largest absolute Gasteiger partial charge is 0.490 e. The van der Waals surface area contributed by atoms with Gasteiger partial charge in [0.05, 0.1) is 6.04 Å². The SMILES string of the molecule is CCCN(CC(=O)O)C(=O)[C@@H](N)CC(C)C.O=C(O)C(F)(F)F. The third-order valence-corrected chi connectivity index (χ3v) is 2.42. The van der Waals surface area contributed by atoms with Crippen molar-refractivity contribution in [2.75, 3.05) is 13.1 Å². The van der Waals surface area contributed by atoms with Crippen molar-refractivity contribution in [2.24, 2.45) is 11.7 Å². The Balaban J connectivity index is 0. The standard InChI is InChI=1S/C11H22N2O3.C2HF3O2/c1-4-5-13(7-10(14)15)11(16)9(12)6-8(2)3;3-2(4,5)1(6)7/h8-9H,4-7,12H2,1-3H3,(H,14,15);(H,6,7)/t9-;/m0./s1. The first-order valence-electron chi connectivity index (χ1n) is 6.89. The number of nitrogens with zero attached hydrogens (tertiary/aromatic N) is 1. The number of amides is 1. The van der Waals surface area contributed by atoms with Crippen molar-refractivity contribution in [1.82, 2.24) is 4.90 Å². The van der Waals surface area contributed by atoms with Crippen molar-refractivity contribution >= 4 is 17.8 Å². The molecule has 0 rings (SSSR count). The molecule has 0 aliphatic rings. The van der Waals surface area contributed by atoms with E-state index in [1.165, 1.54) is 4.90 Å². The molecule has 136 valence electrons. The van der Waals surface area contributed by atoms with Crippen LogP contribution in [0.25, 0.3) is 0 Å². The zero-order valence-electron chi connectivity index (χ0n) is 13.3. The van der Waals surface area contributed by atoms with Crippen molar-refractivity contribution < 1.29 is 37.8 Å². The lowest BCUT2D eigenvalue weighted by molar-refractivity contribution is -0.192. The van der Waals surface area contributed by atoms with E-state index in [1.807, 2.05) is 20.8 Å². The van der Waals surface area contributed by atoms with Gasteiger partial charge in [0.1, 0.15) is 6.54 Å². The molecule has 0 fully saturated rings. The van der Waals surface area contributed by atoms with Gasteiger partial charge in [-0.3, -0.25) is 9.59 Å². The Labute approximate surface area is 132 Å². The Kier molecular flexibility index (Phi) is 11.0. The molecule has 0 unspecified atom stereocenters. The monoisotopic (exact) mass is 344 g/mol. The smallest absolute Gasteiger partial charge is 0.480 e. The molecule has 7 nitrogen and oxygen atoms in total. The van der Waals surface area contributed by atoms with Crippen molar-refractivity contribution in [2.45, 2.75) is 45.8 Å². The molecule has 0 saturated carbocycles. The van der Waals surface area contributed by atoms with Gasteiger partial charge < -0.3 is 20.8 Å². The molecule has 1 atom stereocenters. The number of hydrogen-bond acceptors (Lipinski definition) is 4. The van der Waals surface area contributed by atoms with Crippen molar-refractivity contribution in [3.8, 4) is 0 Å². The highest BCUT2D eigenvalue weighted by Crippen LogP contribution is 2.13. The van der Waals surface area contributed by atoms with Gasteiger partial charge in [-0.1, -0.05) is 20.8 Å². The Bertz CT molecular complexity index is 400. The highest BCUT2D eigenvalue weighted by molar-refractivity contribution is 5.85. The van der Waals surface area contributed by atoms with Gasteiger partial charge in [-0.05, 0) is 18.8 Å². The lowest BCUT2D eigenvalue weighted by Gasteiger charge is -2.24. The molecular formula is C13H23F3N2O5. The lowest BCUT2D eigenvalue weighted by atomic mass is 10.0. The number of aliphatic carboxylic acids is 2. The topological polar surface area (TPSA) is 121 Å². The van der Waals surface area contributed by atoms with E-state index in [9.17, 15) is 22.8 Å². The number of carboxylic acids is 2. The summed E-state index contributed by atoms with van der Waals surface area (Å²) in [6.45, 7) is 6.04. The molecule has 0 saturated heterocycles. The number of alkyl halides is 3. The molecule has 0 spiro atoms. The number of carboxylic acid groups (broad SMARTS) is 2. The van der Waals surface area contributed by atoms with Crippen LogP contribution in [0.4, 0.5) is 13.2 Å². The highest BCUT2D eigenvalue weighted by Gasteiger charge is 2.38. The number of carbonyl (C=O) groups excluding carboxylic acids is 1. The molecule has 23 heavy (non-hydrogen) atoms. The second-order valence-electron chi connectivity index (χ2n) is 5.19. The first-order valence-corrected chi connectivity index (χ1v) is 6.89. The Morgan fingerprint density at radius 1 is 1.17 bits per heavy atom. The van der Waals surface area contributed by atoms with Crippen LogP contribution in [0.15, 0.2) is 0 Å². The zero-order valence-corrected chi connectivity index (χ0v) is 13.3. The third-order valence-electron chi connectivity index (χ3n) is 2.42. The fourth-order valence-electron chi connectivity index (χ4n) is 1.54. The van der Waals surface area contributed by atoms with E-state index in [1.54, 1.807) is 0 Å². The van der Waals surface area contributed by atoms with E-state index in [0.717, 1.165) is 6.42 Å². The summed E-state index contributed by atoms with van der Waals surface area (Å²) in [7, 11) is 0. The second kappa shape index (κ2) is 10.8. The van der Waals surface area contributed by atoms with E-state index in [0.29, 0.717) is 18.9 Å². The number of nitrogens with two attached hydrogens (primary N) is 1. The summed E-state index contributed by atoms with van der Waals surface area (Å²) in [5.41, 5.74) is 5.74. The minimum absolute atomic E-state index is 0.265. The molecule has 1 amide bonds. The van der Waals surface area contributed by atoms with E-state index >= 15 is 0 Å². The summed E-state index contributed by atoms with van der Waals surface area (Å²) < 4.78 is 31.7. The fraction of sp³-hybridized carbons (Fsp3) is 0.769. The van der Waals surface area contributed by atoms with Crippen LogP contribution in [0.5, 0.6) is 0 Å². The fourth-order valence-corrected chi connectivity index (χ4v) is 1.54. The summed E-state index contributed by atoms with van der Waals surface area (Å²) in [4.78, 5) is 32.7. The number of halogens is 3. The maximum absolute atomic E-state index is 11.8. The van der Waals surface area contributed by atoms with Crippen molar-refractivity contribution in [1.29, 1.82) is 0 Å². The maximum atomic E-state index is 11.8. The first-order chi connectivity index (χ1) is 10.3. The van der Waals surface area contributed by atoms with Crippen LogP contribution >= 0.6 is 0 Å². The van der Waals surface area contributed by atoms with Crippen LogP contribution in [0.3, 0.4) is 0 Å². The predicted octanol–water partition coefficient (Wildman–Crippen LogP) is 1.32. The summed E-state index contributed by atoms with van der Waals surface area (Å²) in [5.74, 6) is -3.70. The second-order valence-corrected chi connectivity index (χ2v) is 5.19. The van der Waals surface area contributed by atoms with Gasteiger partial charge in [0.2, 0.25) is 5.91 Å². The van der Waals surface area contributed by atoms with Gasteiger partial charge in [-0.25, -0.2) is 4.79 Å². The molecular weight excluding hydrogens is 321 g/mol. The van der Waals surface area contributed by atoms with Gasteiger partial charge in [-0.2, -0.15) is 13.2 Å².